The van der Waals surface area contributed by atoms with Gasteiger partial charge in [0.25, 0.3) is 0 Å². The number of ether oxygens (including phenoxy) is 1. The maximum Gasteiger partial charge on any atom is 0.410 e. The van der Waals surface area contributed by atoms with Crippen molar-refractivity contribution in [2.75, 3.05) is 13.1 Å². The Balaban J connectivity index is 0.000000444. The number of halogens is 3. The van der Waals surface area contributed by atoms with Crippen molar-refractivity contribution in [3.63, 3.8) is 0 Å². The standard InChI is InChI=1S/C21H23F2N3O3.C6H5F/c1-13(26-11-9-17(29-21(26)28)8-10-25-20(24)27)14-2-4-15(5-3-14)18-7-6-16(22)12-19(18)23;7-6-4-2-1-3-5-6/h2-7,12-13,17H,8-11H2,1H3,(H3,24,25,27);1-5H. The van der Waals surface area contributed by atoms with Gasteiger partial charge in [0.05, 0.1) is 6.04 Å². The van der Waals surface area contributed by atoms with Crippen molar-refractivity contribution in [1.29, 1.82) is 0 Å². The third kappa shape index (κ3) is 7.49. The van der Waals surface area contributed by atoms with Gasteiger partial charge in [-0.25, -0.2) is 22.8 Å². The highest BCUT2D eigenvalue weighted by molar-refractivity contribution is 5.71. The van der Waals surface area contributed by atoms with Gasteiger partial charge < -0.3 is 20.7 Å². The third-order valence-corrected chi connectivity index (χ3v) is 5.80. The minimum atomic E-state index is -0.623. The fourth-order valence-electron chi connectivity index (χ4n) is 3.81. The van der Waals surface area contributed by atoms with E-state index in [0.29, 0.717) is 37.1 Å². The second kappa shape index (κ2) is 12.6. The highest BCUT2D eigenvalue weighted by Gasteiger charge is 2.30. The first kappa shape index (κ1) is 26.6. The number of hydrogen-bond acceptors (Lipinski definition) is 3. The molecule has 4 rings (SSSR count). The summed E-state index contributed by atoms with van der Waals surface area (Å²) in [6.45, 7) is 2.77. The molecular weight excluding hydrogens is 471 g/mol. The van der Waals surface area contributed by atoms with Crippen molar-refractivity contribution < 1.29 is 27.5 Å². The summed E-state index contributed by atoms with van der Waals surface area (Å²) >= 11 is 0. The molecular formula is C27H28F3N3O3. The summed E-state index contributed by atoms with van der Waals surface area (Å²) in [6, 6.07) is 17.7. The summed E-state index contributed by atoms with van der Waals surface area (Å²) < 4.78 is 44.4. The van der Waals surface area contributed by atoms with Gasteiger partial charge in [-0.2, -0.15) is 0 Å². The molecule has 3 N–H and O–H groups in total. The van der Waals surface area contributed by atoms with E-state index in [1.165, 1.54) is 24.3 Å². The van der Waals surface area contributed by atoms with Crippen LogP contribution in [0.25, 0.3) is 11.1 Å². The molecule has 3 aromatic rings. The Bertz CT molecular complexity index is 1160. The van der Waals surface area contributed by atoms with Crippen LogP contribution in [-0.2, 0) is 4.74 Å². The van der Waals surface area contributed by atoms with Crippen LogP contribution in [0.1, 0.15) is 31.4 Å². The molecule has 0 aromatic heterocycles. The Kier molecular flexibility index (Phi) is 9.32. The Morgan fingerprint density at radius 1 is 1.06 bits per heavy atom. The summed E-state index contributed by atoms with van der Waals surface area (Å²) in [4.78, 5) is 24.7. The van der Waals surface area contributed by atoms with Crippen LogP contribution >= 0.6 is 0 Å². The van der Waals surface area contributed by atoms with Crippen LogP contribution in [0.3, 0.4) is 0 Å². The van der Waals surface area contributed by atoms with Crippen molar-refractivity contribution in [3.05, 3.63) is 95.8 Å². The number of nitrogens with zero attached hydrogens (tertiary/aromatic N) is 1. The number of carbonyl (C=O) groups is 2. The first-order valence-corrected chi connectivity index (χ1v) is 11.5. The van der Waals surface area contributed by atoms with Gasteiger partial charge in [-0.3, -0.25) is 0 Å². The maximum atomic E-state index is 14.0. The van der Waals surface area contributed by atoms with E-state index in [-0.39, 0.29) is 18.0 Å². The second-order valence-electron chi connectivity index (χ2n) is 8.29. The fraction of sp³-hybridized carbons (Fsp3) is 0.259. The van der Waals surface area contributed by atoms with Crippen LogP contribution in [0.4, 0.5) is 22.8 Å². The maximum absolute atomic E-state index is 14.0. The molecule has 1 fully saturated rings. The minimum Gasteiger partial charge on any atom is -0.446 e. The van der Waals surface area contributed by atoms with Crippen LogP contribution in [0.15, 0.2) is 72.8 Å². The van der Waals surface area contributed by atoms with E-state index in [1.807, 2.05) is 19.1 Å². The number of benzene rings is 3. The largest absolute Gasteiger partial charge is 0.446 e. The van der Waals surface area contributed by atoms with Crippen molar-refractivity contribution >= 4 is 12.1 Å². The van der Waals surface area contributed by atoms with Gasteiger partial charge in [0.1, 0.15) is 23.6 Å². The number of nitrogens with two attached hydrogens (primary N) is 1. The summed E-state index contributed by atoms with van der Waals surface area (Å²) in [5.74, 6) is -1.42. The number of amides is 3. The quantitative estimate of drug-likeness (QED) is 0.450. The SMILES string of the molecule is CC(c1ccc(-c2ccc(F)cc2F)cc1)N1CCC(CCNC(N)=O)OC1=O.Fc1ccccc1. The number of cyclic esters (lactones) is 1. The average Bonchev–Trinajstić information content (AvgIpc) is 2.85. The molecule has 3 amide bonds. The van der Waals surface area contributed by atoms with Crippen LogP contribution in [0.2, 0.25) is 0 Å². The number of primary amides is 1. The molecule has 190 valence electrons. The van der Waals surface area contributed by atoms with Crippen LogP contribution in [0.5, 0.6) is 0 Å². The molecule has 1 aliphatic heterocycles. The van der Waals surface area contributed by atoms with Crippen molar-refractivity contribution in [2.24, 2.45) is 5.73 Å². The van der Waals surface area contributed by atoms with E-state index in [9.17, 15) is 22.8 Å². The lowest BCUT2D eigenvalue weighted by Crippen LogP contribution is -2.44. The predicted molar refractivity (Wildman–Crippen MR) is 130 cm³/mol. The number of rotatable bonds is 6. The zero-order valence-electron chi connectivity index (χ0n) is 19.8. The molecule has 36 heavy (non-hydrogen) atoms. The van der Waals surface area contributed by atoms with E-state index in [0.717, 1.165) is 11.6 Å². The molecule has 0 saturated carbocycles. The molecule has 1 heterocycles. The average molecular weight is 500 g/mol. The van der Waals surface area contributed by atoms with E-state index in [2.05, 4.69) is 5.32 Å². The summed E-state index contributed by atoms with van der Waals surface area (Å²) in [5.41, 5.74) is 6.84. The Hall–Kier alpha value is -4.01. The predicted octanol–water partition coefficient (Wildman–Crippen LogP) is 5.79. The molecule has 1 aliphatic rings. The van der Waals surface area contributed by atoms with Gasteiger partial charge in [-0.1, -0.05) is 42.5 Å². The molecule has 0 radical (unpaired) electrons. The lowest BCUT2D eigenvalue weighted by Gasteiger charge is -2.36. The molecule has 0 bridgehead atoms. The molecule has 3 aromatic carbocycles. The number of urea groups is 1. The second-order valence-corrected chi connectivity index (χ2v) is 8.29. The Morgan fingerprint density at radius 3 is 2.31 bits per heavy atom. The topological polar surface area (TPSA) is 84.7 Å². The molecule has 0 aliphatic carbocycles. The zero-order valence-corrected chi connectivity index (χ0v) is 19.8. The highest BCUT2D eigenvalue weighted by atomic mass is 19.1. The molecule has 9 heteroatoms. The minimum absolute atomic E-state index is 0.178. The molecule has 6 nitrogen and oxygen atoms in total. The van der Waals surface area contributed by atoms with Crippen molar-refractivity contribution in [3.8, 4) is 11.1 Å². The van der Waals surface area contributed by atoms with E-state index < -0.39 is 23.8 Å². The van der Waals surface area contributed by atoms with Crippen molar-refractivity contribution in [2.45, 2.75) is 31.9 Å². The molecule has 1 saturated heterocycles. The molecule has 0 spiro atoms. The number of hydrogen-bond donors (Lipinski definition) is 2. The van der Waals surface area contributed by atoms with Gasteiger partial charge >= 0.3 is 12.1 Å². The zero-order chi connectivity index (χ0) is 26.1. The fourth-order valence-corrected chi connectivity index (χ4v) is 3.81. The van der Waals surface area contributed by atoms with Gasteiger partial charge in [-0.05, 0) is 42.3 Å². The van der Waals surface area contributed by atoms with Crippen LogP contribution < -0.4 is 11.1 Å². The first-order valence-electron chi connectivity index (χ1n) is 11.5. The highest BCUT2D eigenvalue weighted by Crippen LogP contribution is 2.29. The Morgan fingerprint density at radius 2 is 1.75 bits per heavy atom. The smallest absolute Gasteiger partial charge is 0.410 e. The van der Waals surface area contributed by atoms with Gasteiger partial charge in [-0.15, -0.1) is 0 Å². The first-order chi connectivity index (χ1) is 17.2. The van der Waals surface area contributed by atoms with Crippen LogP contribution in [0, 0.1) is 17.5 Å². The van der Waals surface area contributed by atoms with E-state index in [4.69, 9.17) is 10.5 Å². The van der Waals surface area contributed by atoms with Gasteiger partial charge in [0.15, 0.2) is 0 Å². The lowest BCUT2D eigenvalue weighted by molar-refractivity contribution is 0.0105. The van der Waals surface area contributed by atoms with Gasteiger partial charge in [0, 0.05) is 37.6 Å². The molecule has 2 atom stereocenters. The summed E-state index contributed by atoms with van der Waals surface area (Å²) in [7, 11) is 0. The van der Waals surface area contributed by atoms with E-state index >= 15 is 0 Å². The Labute approximate surface area is 207 Å². The monoisotopic (exact) mass is 499 g/mol. The lowest BCUT2D eigenvalue weighted by atomic mass is 10.00. The normalized spacial score (nSPS) is 15.8. The van der Waals surface area contributed by atoms with Crippen molar-refractivity contribution in [1.82, 2.24) is 10.2 Å². The van der Waals surface area contributed by atoms with Crippen LogP contribution in [-0.4, -0.2) is 36.2 Å². The van der Waals surface area contributed by atoms with E-state index in [1.54, 1.807) is 35.2 Å². The third-order valence-electron chi connectivity index (χ3n) is 5.80. The molecule has 2 unspecified atom stereocenters. The summed E-state index contributed by atoms with van der Waals surface area (Å²) in [6.07, 6.45) is 0.479. The number of nitrogens with one attached hydrogen (secondary N) is 1. The number of carbonyl (C=O) groups excluding carboxylic acids is 2. The summed E-state index contributed by atoms with van der Waals surface area (Å²) in [5, 5.41) is 2.48. The van der Waals surface area contributed by atoms with Gasteiger partial charge in [0.2, 0.25) is 0 Å².